The maximum atomic E-state index is 14.3. The van der Waals surface area contributed by atoms with Crippen LogP contribution in [0.15, 0.2) is 97.1 Å². The highest BCUT2D eigenvalue weighted by atomic mass is 19.1. The van der Waals surface area contributed by atoms with Crippen molar-refractivity contribution < 1.29 is 23.4 Å². The molecule has 0 saturated heterocycles. The molecule has 5 nitrogen and oxygen atoms in total. The Hall–Kier alpha value is -4.32. The van der Waals surface area contributed by atoms with Crippen LogP contribution in [-0.4, -0.2) is 13.0 Å². The first kappa shape index (κ1) is 23.8. The topological polar surface area (TPSA) is 48.0 Å². The second-order valence-electron chi connectivity index (χ2n) is 7.88. The third kappa shape index (κ3) is 6.18. The van der Waals surface area contributed by atoms with Gasteiger partial charge in [0.25, 0.3) is 0 Å². The Morgan fingerprint density at radius 1 is 0.829 bits per heavy atom. The standard InChI is InChI=1S/C29H26FNO4/c1-21(32)31(27-18-24(30)13-15-29(27)35-25-11-7-4-8-12-25)19-23-17-26(33-2)14-16-28(23)34-20-22-9-5-3-6-10-22/h3-18H,19-20H2,1-2H3. The summed E-state index contributed by atoms with van der Waals surface area (Å²) in [5.41, 5.74) is 2.05. The van der Waals surface area contributed by atoms with Crippen LogP contribution in [0.2, 0.25) is 0 Å². The molecule has 0 aliphatic carbocycles. The molecule has 1 amide bonds. The zero-order chi connectivity index (χ0) is 24.6. The Labute approximate surface area is 204 Å². The van der Waals surface area contributed by atoms with E-state index < -0.39 is 5.82 Å². The van der Waals surface area contributed by atoms with Gasteiger partial charge in [0.2, 0.25) is 5.91 Å². The molecule has 0 heterocycles. The lowest BCUT2D eigenvalue weighted by Gasteiger charge is -2.25. The molecular formula is C29H26FNO4. The van der Waals surface area contributed by atoms with Crippen molar-refractivity contribution in [1.29, 1.82) is 0 Å². The van der Waals surface area contributed by atoms with Crippen molar-refractivity contribution in [2.75, 3.05) is 12.0 Å². The minimum Gasteiger partial charge on any atom is -0.497 e. The van der Waals surface area contributed by atoms with Crippen LogP contribution in [0, 0.1) is 5.82 Å². The van der Waals surface area contributed by atoms with Gasteiger partial charge in [-0.05, 0) is 48.0 Å². The number of hydrogen-bond donors (Lipinski definition) is 0. The predicted octanol–water partition coefficient (Wildman–Crippen LogP) is 6.76. The number of amides is 1. The number of halogens is 1. The maximum absolute atomic E-state index is 14.3. The van der Waals surface area contributed by atoms with Crippen LogP contribution in [0.5, 0.6) is 23.0 Å². The molecule has 4 aromatic rings. The zero-order valence-electron chi connectivity index (χ0n) is 19.6. The van der Waals surface area contributed by atoms with Gasteiger partial charge >= 0.3 is 0 Å². The Bertz CT molecular complexity index is 1280. The summed E-state index contributed by atoms with van der Waals surface area (Å²) >= 11 is 0. The molecule has 0 radical (unpaired) electrons. The predicted molar refractivity (Wildman–Crippen MR) is 134 cm³/mol. The highest BCUT2D eigenvalue weighted by Gasteiger charge is 2.21. The van der Waals surface area contributed by atoms with Crippen molar-refractivity contribution in [3.63, 3.8) is 0 Å². The number of rotatable bonds is 9. The van der Waals surface area contributed by atoms with Crippen LogP contribution in [-0.2, 0) is 17.9 Å². The van der Waals surface area contributed by atoms with Crippen LogP contribution in [0.3, 0.4) is 0 Å². The molecule has 0 aliphatic rings. The van der Waals surface area contributed by atoms with Gasteiger partial charge in [-0.15, -0.1) is 0 Å². The molecule has 6 heteroatoms. The molecule has 35 heavy (non-hydrogen) atoms. The molecular weight excluding hydrogens is 445 g/mol. The third-order valence-electron chi connectivity index (χ3n) is 5.40. The van der Waals surface area contributed by atoms with E-state index in [1.54, 1.807) is 25.3 Å². The van der Waals surface area contributed by atoms with Gasteiger partial charge in [-0.25, -0.2) is 4.39 Å². The number of carbonyl (C=O) groups is 1. The number of benzene rings is 4. The Kier molecular flexibility index (Phi) is 7.63. The van der Waals surface area contributed by atoms with Crippen LogP contribution in [0.4, 0.5) is 10.1 Å². The molecule has 4 rings (SSSR count). The first-order chi connectivity index (χ1) is 17.0. The molecule has 178 valence electrons. The van der Waals surface area contributed by atoms with Gasteiger partial charge in [-0.1, -0.05) is 48.5 Å². The second-order valence-corrected chi connectivity index (χ2v) is 7.88. The fourth-order valence-electron chi connectivity index (χ4n) is 3.62. The van der Waals surface area contributed by atoms with Gasteiger partial charge < -0.3 is 19.1 Å². The van der Waals surface area contributed by atoms with E-state index in [1.807, 2.05) is 60.7 Å². The van der Waals surface area contributed by atoms with Gasteiger partial charge in [0.1, 0.15) is 29.7 Å². The maximum Gasteiger partial charge on any atom is 0.224 e. The van der Waals surface area contributed by atoms with E-state index in [2.05, 4.69) is 0 Å². The third-order valence-corrected chi connectivity index (χ3v) is 5.40. The van der Waals surface area contributed by atoms with Crippen molar-refractivity contribution in [3.8, 4) is 23.0 Å². The minimum atomic E-state index is -0.474. The highest BCUT2D eigenvalue weighted by molar-refractivity contribution is 5.93. The summed E-state index contributed by atoms with van der Waals surface area (Å²) < 4.78 is 31.8. The Morgan fingerprint density at radius 3 is 2.20 bits per heavy atom. The summed E-state index contributed by atoms with van der Waals surface area (Å²) in [7, 11) is 1.57. The fourth-order valence-corrected chi connectivity index (χ4v) is 3.62. The molecule has 0 fully saturated rings. The van der Waals surface area contributed by atoms with E-state index in [1.165, 1.54) is 30.0 Å². The van der Waals surface area contributed by atoms with Crippen molar-refractivity contribution in [2.45, 2.75) is 20.1 Å². The van der Waals surface area contributed by atoms with E-state index in [-0.39, 0.29) is 12.5 Å². The first-order valence-corrected chi connectivity index (χ1v) is 11.2. The summed E-state index contributed by atoms with van der Waals surface area (Å²) in [5.74, 6) is 1.42. The number of ether oxygens (including phenoxy) is 3. The summed E-state index contributed by atoms with van der Waals surface area (Å²) in [5, 5.41) is 0. The van der Waals surface area contributed by atoms with Gasteiger partial charge in [0, 0.05) is 18.6 Å². The summed E-state index contributed by atoms with van der Waals surface area (Å²) in [6.45, 7) is 1.93. The lowest BCUT2D eigenvalue weighted by atomic mass is 10.1. The number of methoxy groups -OCH3 is 1. The molecule has 0 bridgehead atoms. The van der Waals surface area contributed by atoms with Crippen molar-refractivity contribution >= 4 is 11.6 Å². The Morgan fingerprint density at radius 2 is 1.51 bits per heavy atom. The molecule has 0 aromatic heterocycles. The monoisotopic (exact) mass is 471 g/mol. The molecule has 0 spiro atoms. The van der Waals surface area contributed by atoms with Crippen molar-refractivity contribution in [3.05, 3.63) is 114 Å². The fraction of sp³-hybridized carbons (Fsp3) is 0.138. The number of para-hydroxylation sites is 1. The van der Waals surface area contributed by atoms with E-state index in [0.717, 1.165) is 5.56 Å². The van der Waals surface area contributed by atoms with Crippen molar-refractivity contribution in [2.24, 2.45) is 0 Å². The normalized spacial score (nSPS) is 10.5. The van der Waals surface area contributed by atoms with Crippen LogP contribution >= 0.6 is 0 Å². The van der Waals surface area contributed by atoms with Crippen molar-refractivity contribution in [1.82, 2.24) is 0 Å². The minimum absolute atomic E-state index is 0.130. The van der Waals surface area contributed by atoms with Gasteiger partial charge in [0.05, 0.1) is 19.3 Å². The number of carbonyl (C=O) groups excluding carboxylic acids is 1. The van der Waals surface area contributed by atoms with Crippen LogP contribution < -0.4 is 19.1 Å². The quantitative estimate of drug-likeness (QED) is 0.271. The first-order valence-electron chi connectivity index (χ1n) is 11.2. The largest absolute Gasteiger partial charge is 0.497 e. The summed E-state index contributed by atoms with van der Waals surface area (Å²) in [6.07, 6.45) is 0. The van der Waals surface area contributed by atoms with E-state index in [0.29, 0.717) is 40.9 Å². The summed E-state index contributed by atoms with van der Waals surface area (Å²) in [4.78, 5) is 14.2. The summed E-state index contributed by atoms with van der Waals surface area (Å²) in [6, 6.07) is 28.5. The number of nitrogens with zero attached hydrogens (tertiary/aromatic N) is 1. The van der Waals surface area contributed by atoms with Gasteiger partial charge in [0.15, 0.2) is 5.75 Å². The van der Waals surface area contributed by atoms with Gasteiger partial charge in [-0.2, -0.15) is 0 Å². The lowest BCUT2D eigenvalue weighted by molar-refractivity contribution is -0.116. The molecule has 0 aliphatic heterocycles. The molecule has 0 atom stereocenters. The van der Waals surface area contributed by atoms with Crippen LogP contribution in [0.1, 0.15) is 18.1 Å². The average Bonchev–Trinajstić information content (AvgIpc) is 2.88. The van der Waals surface area contributed by atoms with Gasteiger partial charge in [-0.3, -0.25) is 4.79 Å². The van der Waals surface area contributed by atoms with E-state index in [9.17, 15) is 9.18 Å². The lowest BCUT2D eigenvalue weighted by Crippen LogP contribution is -2.28. The zero-order valence-corrected chi connectivity index (χ0v) is 19.6. The second kappa shape index (κ2) is 11.2. The molecule has 0 saturated carbocycles. The molecule has 4 aromatic carbocycles. The number of anilines is 1. The average molecular weight is 472 g/mol. The smallest absolute Gasteiger partial charge is 0.224 e. The molecule has 0 unspecified atom stereocenters. The highest BCUT2D eigenvalue weighted by Crippen LogP contribution is 2.36. The Balaban J connectivity index is 1.67. The van der Waals surface area contributed by atoms with E-state index >= 15 is 0 Å². The van der Waals surface area contributed by atoms with E-state index in [4.69, 9.17) is 14.2 Å². The molecule has 0 N–H and O–H groups in total. The number of hydrogen-bond acceptors (Lipinski definition) is 4. The van der Waals surface area contributed by atoms with Crippen LogP contribution in [0.25, 0.3) is 0 Å². The SMILES string of the molecule is COc1ccc(OCc2ccccc2)c(CN(C(C)=O)c2cc(F)ccc2Oc2ccccc2)c1.